The van der Waals surface area contributed by atoms with Gasteiger partial charge in [0.05, 0.1) is 7.11 Å². The zero-order valence-corrected chi connectivity index (χ0v) is 11.2. The molecular formula is C12H17ClN2O2. The van der Waals surface area contributed by atoms with E-state index in [9.17, 15) is 4.79 Å². The van der Waals surface area contributed by atoms with Crippen molar-refractivity contribution >= 4 is 17.5 Å². The fourth-order valence-corrected chi connectivity index (χ4v) is 1.82. The van der Waals surface area contributed by atoms with E-state index in [0.717, 1.165) is 11.1 Å². The summed E-state index contributed by atoms with van der Waals surface area (Å²) in [7, 11) is 4.88. The number of carbonyl (C=O) groups is 1. The van der Waals surface area contributed by atoms with Crippen molar-refractivity contribution in [3.63, 3.8) is 0 Å². The smallest absolute Gasteiger partial charge is 0.241 e. The molecule has 0 spiro atoms. The number of nitrogens with one attached hydrogen (secondary N) is 2. The molecule has 1 aromatic rings. The molecule has 94 valence electrons. The van der Waals surface area contributed by atoms with E-state index in [4.69, 9.17) is 16.3 Å². The van der Waals surface area contributed by atoms with Gasteiger partial charge >= 0.3 is 0 Å². The first kappa shape index (κ1) is 13.8. The van der Waals surface area contributed by atoms with Crippen molar-refractivity contribution in [1.82, 2.24) is 10.6 Å². The van der Waals surface area contributed by atoms with Crippen LogP contribution in [-0.2, 0) is 4.79 Å². The molecule has 17 heavy (non-hydrogen) atoms. The van der Waals surface area contributed by atoms with E-state index in [1.165, 1.54) is 0 Å². The average Bonchev–Trinajstić information content (AvgIpc) is 2.33. The molecule has 2 N–H and O–H groups in total. The topological polar surface area (TPSA) is 50.4 Å². The second-order valence-corrected chi connectivity index (χ2v) is 4.09. The molecule has 4 nitrogen and oxygen atoms in total. The molecule has 0 aromatic heterocycles. The van der Waals surface area contributed by atoms with Crippen LogP contribution in [-0.4, -0.2) is 27.1 Å². The van der Waals surface area contributed by atoms with Gasteiger partial charge in [0.2, 0.25) is 5.91 Å². The Kier molecular flexibility index (Phi) is 4.78. The minimum atomic E-state index is -0.479. The predicted molar refractivity (Wildman–Crippen MR) is 68.6 cm³/mol. The summed E-state index contributed by atoms with van der Waals surface area (Å²) in [6.45, 7) is 1.89. The molecule has 0 saturated heterocycles. The van der Waals surface area contributed by atoms with Gasteiger partial charge in [-0.25, -0.2) is 0 Å². The standard InChI is InChI=1S/C12H17ClN2O2/c1-7-5-10(17-4)8(6-9(7)13)11(14-2)12(16)15-3/h5-6,11,14H,1-4H3,(H,15,16). The Labute approximate surface area is 106 Å². The highest BCUT2D eigenvalue weighted by Gasteiger charge is 2.22. The van der Waals surface area contributed by atoms with Crippen molar-refractivity contribution < 1.29 is 9.53 Å². The quantitative estimate of drug-likeness (QED) is 0.862. The van der Waals surface area contributed by atoms with Crippen molar-refractivity contribution in [3.05, 3.63) is 28.3 Å². The summed E-state index contributed by atoms with van der Waals surface area (Å²) < 4.78 is 5.28. The molecule has 1 unspecified atom stereocenters. The van der Waals surface area contributed by atoms with Crippen LogP contribution in [0.3, 0.4) is 0 Å². The second-order valence-electron chi connectivity index (χ2n) is 3.68. The number of benzene rings is 1. The zero-order valence-electron chi connectivity index (χ0n) is 10.4. The molecule has 0 aliphatic carbocycles. The van der Waals surface area contributed by atoms with E-state index in [-0.39, 0.29) is 5.91 Å². The van der Waals surface area contributed by atoms with Crippen molar-refractivity contribution in [2.45, 2.75) is 13.0 Å². The summed E-state index contributed by atoms with van der Waals surface area (Å²) in [5, 5.41) is 6.16. The summed E-state index contributed by atoms with van der Waals surface area (Å²) in [6, 6.07) is 3.10. The minimum absolute atomic E-state index is 0.134. The first-order valence-electron chi connectivity index (χ1n) is 5.28. The van der Waals surface area contributed by atoms with Crippen LogP contribution < -0.4 is 15.4 Å². The van der Waals surface area contributed by atoms with Crippen molar-refractivity contribution in [1.29, 1.82) is 0 Å². The number of amides is 1. The van der Waals surface area contributed by atoms with Gasteiger partial charge in [0, 0.05) is 17.6 Å². The van der Waals surface area contributed by atoms with E-state index < -0.39 is 6.04 Å². The molecule has 1 rings (SSSR count). The molecule has 0 fully saturated rings. The van der Waals surface area contributed by atoms with Gasteiger partial charge < -0.3 is 15.4 Å². The monoisotopic (exact) mass is 256 g/mol. The van der Waals surface area contributed by atoms with E-state index in [0.29, 0.717) is 10.8 Å². The van der Waals surface area contributed by atoms with Crippen LogP contribution in [0.4, 0.5) is 0 Å². The fraction of sp³-hybridized carbons (Fsp3) is 0.417. The Balaban J connectivity index is 3.27. The van der Waals surface area contributed by atoms with Gasteiger partial charge in [0.15, 0.2) is 0 Å². The van der Waals surface area contributed by atoms with E-state index in [1.807, 2.05) is 13.0 Å². The molecule has 0 aliphatic heterocycles. The first-order valence-corrected chi connectivity index (χ1v) is 5.65. The van der Waals surface area contributed by atoms with Crippen molar-refractivity contribution in [2.75, 3.05) is 21.2 Å². The molecule has 0 saturated carbocycles. The molecule has 1 aromatic carbocycles. The number of hydrogen-bond donors (Lipinski definition) is 2. The minimum Gasteiger partial charge on any atom is -0.496 e. The number of halogens is 1. The molecule has 0 heterocycles. The van der Waals surface area contributed by atoms with Gasteiger partial charge in [-0.15, -0.1) is 0 Å². The predicted octanol–water partition coefficient (Wildman–Crippen LogP) is 1.66. The van der Waals surface area contributed by atoms with Gasteiger partial charge in [0.25, 0.3) is 0 Å². The Morgan fingerprint density at radius 2 is 2.06 bits per heavy atom. The van der Waals surface area contributed by atoms with E-state index in [1.54, 1.807) is 27.3 Å². The van der Waals surface area contributed by atoms with Gasteiger partial charge in [-0.2, -0.15) is 0 Å². The summed E-state index contributed by atoms with van der Waals surface area (Å²) in [5.74, 6) is 0.514. The Morgan fingerprint density at radius 3 is 2.53 bits per heavy atom. The maximum absolute atomic E-state index is 11.7. The fourth-order valence-electron chi connectivity index (χ4n) is 1.64. The molecule has 5 heteroatoms. The molecule has 0 radical (unpaired) electrons. The highest BCUT2D eigenvalue weighted by Crippen LogP contribution is 2.31. The van der Waals surface area contributed by atoms with Gasteiger partial charge in [-0.05, 0) is 31.7 Å². The highest BCUT2D eigenvalue weighted by molar-refractivity contribution is 6.31. The number of carbonyl (C=O) groups excluding carboxylic acids is 1. The lowest BCUT2D eigenvalue weighted by atomic mass is 10.0. The van der Waals surface area contributed by atoms with Crippen LogP contribution in [0.2, 0.25) is 5.02 Å². The Morgan fingerprint density at radius 1 is 1.41 bits per heavy atom. The van der Waals surface area contributed by atoms with Crippen LogP contribution in [0.1, 0.15) is 17.2 Å². The summed E-state index contributed by atoms with van der Waals surface area (Å²) in [5.41, 5.74) is 1.64. The Bertz CT molecular complexity index is 421. The summed E-state index contributed by atoms with van der Waals surface area (Å²) in [6.07, 6.45) is 0. The van der Waals surface area contributed by atoms with Crippen LogP contribution in [0.25, 0.3) is 0 Å². The zero-order chi connectivity index (χ0) is 13.0. The Hall–Kier alpha value is -1.26. The summed E-state index contributed by atoms with van der Waals surface area (Å²) in [4.78, 5) is 11.7. The summed E-state index contributed by atoms with van der Waals surface area (Å²) >= 11 is 6.08. The van der Waals surface area contributed by atoms with Crippen LogP contribution in [0.15, 0.2) is 12.1 Å². The second kappa shape index (κ2) is 5.89. The lowest BCUT2D eigenvalue weighted by Crippen LogP contribution is -2.34. The molecule has 1 amide bonds. The average molecular weight is 257 g/mol. The van der Waals surface area contributed by atoms with Crippen LogP contribution in [0, 0.1) is 6.92 Å². The highest BCUT2D eigenvalue weighted by atomic mass is 35.5. The maximum Gasteiger partial charge on any atom is 0.241 e. The lowest BCUT2D eigenvalue weighted by Gasteiger charge is -2.19. The third kappa shape index (κ3) is 2.90. The van der Waals surface area contributed by atoms with E-state index in [2.05, 4.69) is 10.6 Å². The number of likely N-dealkylation sites (N-methyl/N-ethyl adjacent to an activating group) is 2. The SMILES string of the molecule is CNC(=O)C(NC)c1cc(Cl)c(C)cc1OC. The van der Waals surface area contributed by atoms with Gasteiger partial charge in [-0.3, -0.25) is 4.79 Å². The molecule has 0 aliphatic rings. The first-order chi connectivity index (χ1) is 8.04. The maximum atomic E-state index is 11.7. The molecular weight excluding hydrogens is 240 g/mol. The van der Waals surface area contributed by atoms with Crippen LogP contribution >= 0.6 is 11.6 Å². The number of aryl methyl sites for hydroxylation is 1. The lowest BCUT2D eigenvalue weighted by molar-refractivity contribution is -0.122. The normalized spacial score (nSPS) is 12.1. The third-order valence-corrected chi connectivity index (χ3v) is 3.03. The number of hydrogen-bond acceptors (Lipinski definition) is 3. The van der Waals surface area contributed by atoms with E-state index >= 15 is 0 Å². The molecule has 0 bridgehead atoms. The van der Waals surface area contributed by atoms with Gasteiger partial charge in [-0.1, -0.05) is 11.6 Å². The largest absolute Gasteiger partial charge is 0.496 e. The number of rotatable bonds is 4. The van der Waals surface area contributed by atoms with Gasteiger partial charge in [0.1, 0.15) is 11.8 Å². The molecule has 1 atom stereocenters. The third-order valence-electron chi connectivity index (χ3n) is 2.62. The van der Waals surface area contributed by atoms with Crippen LogP contribution in [0.5, 0.6) is 5.75 Å². The van der Waals surface area contributed by atoms with Crippen molar-refractivity contribution in [2.24, 2.45) is 0 Å². The number of methoxy groups -OCH3 is 1. The van der Waals surface area contributed by atoms with Crippen molar-refractivity contribution in [3.8, 4) is 5.75 Å². The number of ether oxygens (including phenoxy) is 1.